The number of aromatic amines is 1. The molecular formula is C15H9ClF2N4O3S. The molecule has 11 heteroatoms. The van der Waals surface area contributed by atoms with Crippen LogP contribution in [0.25, 0.3) is 10.9 Å². The number of aliphatic imine (C=N–C) groups is 1. The van der Waals surface area contributed by atoms with Crippen LogP contribution in [-0.4, -0.2) is 24.5 Å². The van der Waals surface area contributed by atoms with Crippen LogP contribution in [0.5, 0.6) is 5.75 Å². The molecule has 2 aromatic carbocycles. The number of phenols is 1. The molecule has 0 spiro atoms. The summed E-state index contributed by atoms with van der Waals surface area (Å²) in [7, 11) is -4.17. The lowest BCUT2D eigenvalue weighted by Gasteiger charge is -2.20. The van der Waals surface area contributed by atoms with Gasteiger partial charge in [0.25, 0.3) is 10.0 Å². The number of anilines is 1. The number of sulfonamides is 1. The molecule has 0 atom stereocenters. The Morgan fingerprint density at radius 3 is 2.77 bits per heavy atom. The number of aromatic nitrogens is 1. The molecule has 1 aliphatic rings. The van der Waals surface area contributed by atoms with Gasteiger partial charge in [-0.1, -0.05) is 11.6 Å². The van der Waals surface area contributed by atoms with E-state index >= 15 is 0 Å². The lowest BCUT2D eigenvalue weighted by Crippen LogP contribution is -2.38. The summed E-state index contributed by atoms with van der Waals surface area (Å²) < 4.78 is 54.6. The van der Waals surface area contributed by atoms with Crippen LogP contribution in [0.2, 0.25) is 5.02 Å². The summed E-state index contributed by atoms with van der Waals surface area (Å²) in [6.45, 7) is 0. The highest BCUT2D eigenvalue weighted by Crippen LogP contribution is 2.41. The fraction of sp³-hybridized carbons (Fsp3) is 0. The van der Waals surface area contributed by atoms with E-state index in [-0.39, 0.29) is 11.6 Å². The minimum absolute atomic E-state index is 0.202. The number of hydrogen-bond acceptors (Lipinski definition) is 5. The van der Waals surface area contributed by atoms with Crippen LogP contribution >= 0.6 is 11.6 Å². The minimum atomic E-state index is -4.17. The van der Waals surface area contributed by atoms with Gasteiger partial charge in [0.15, 0.2) is 11.6 Å². The quantitative estimate of drug-likeness (QED) is 0.505. The highest BCUT2D eigenvalue weighted by Gasteiger charge is 2.31. The van der Waals surface area contributed by atoms with Crippen molar-refractivity contribution in [3.05, 3.63) is 47.1 Å². The zero-order valence-corrected chi connectivity index (χ0v) is 14.2. The molecule has 0 bridgehead atoms. The zero-order chi connectivity index (χ0) is 18.6. The summed E-state index contributed by atoms with van der Waals surface area (Å²) in [5.74, 6) is -3.08. The van der Waals surface area contributed by atoms with E-state index in [1.165, 1.54) is 0 Å². The van der Waals surface area contributed by atoms with Crippen LogP contribution in [0.1, 0.15) is 0 Å². The van der Waals surface area contributed by atoms with E-state index in [0.717, 1.165) is 12.1 Å². The molecule has 3 aromatic rings. The van der Waals surface area contributed by atoms with Crippen LogP contribution in [0, 0.1) is 11.6 Å². The molecule has 0 saturated carbocycles. The van der Waals surface area contributed by atoms with E-state index in [4.69, 9.17) is 11.6 Å². The second kappa shape index (κ2) is 5.58. The van der Waals surface area contributed by atoms with Gasteiger partial charge in [-0.25, -0.2) is 26.9 Å². The van der Waals surface area contributed by atoms with Crippen molar-refractivity contribution in [3.8, 4) is 5.75 Å². The molecule has 134 valence electrons. The topological polar surface area (TPSA) is 107 Å². The number of halogens is 3. The van der Waals surface area contributed by atoms with Gasteiger partial charge in [-0.15, -0.1) is 0 Å². The van der Waals surface area contributed by atoms with E-state index in [1.54, 1.807) is 18.3 Å². The Kier molecular flexibility index (Phi) is 3.56. The van der Waals surface area contributed by atoms with Gasteiger partial charge < -0.3 is 15.4 Å². The van der Waals surface area contributed by atoms with Crippen LogP contribution < -0.4 is 10.0 Å². The van der Waals surface area contributed by atoms with Gasteiger partial charge in [0.1, 0.15) is 16.4 Å². The summed E-state index contributed by atoms with van der Waals surface area (Å²) in [6.07, 6.45) is 1.55. The summed E-state index contributed by atoms with van der Waals surface area (Å²) >= 11 is 5.57. The first-order valence-electron chi connectivity index (χ1n) is 7.12. The number of phenolic OH excluding ortho intramolecular Hbond substituents is 1. The first kappa shape index (κ1) is 16.6. The van der Waals surface area contributed by atoms with Gasteiger partial charge in [0.05, 0.1) is 10.5 Å². The van der Waals surface area contributed by atoms with Gasteiger partial charge in [-0.2, -0.15) is 0 Å². The molecule has 0 unspecified atom stereocenters. The maximum Gasteiger partial charge on any atom is 0.266 e. The van der Waals surface area contributed by atoms with Crippen molar-refractivity contribution >= 4 is 49.9 Å². The largest absolute Gasteiger partial charge is 0.503 e. The average molecular weight is 399 g/mol. The fourth-order valence-corrected chi connectivity index (χ4v) is 3.99. The maximum atomic E-state index is 14.0. The maximum absolute atomic E-state index is 14.0. The number of rotatable bonds is 1. The van der Waals surface area contributed by atoms with E-state index in [2.05, 4.69) is 20.0 Å². The molecule has 1 aromatic heterocycles. The molecule has 0 fully saturated rings. The van der Waals surface area contributed by atoms with Crippen LogP contribution in [-0.2, 0) is 10.0 Å². The number of fused-ring (bicyclic) bond motifs is 2. The average Bonchev–Trinajstić information content (AvgIpc) is 3.03. The molecule has 4 N–H and O–H groups in total. The molecule has 0 aliphatic carbocycles. The number of nitrogens with zero attached hydrogens (tertiary/aromatic N) is 1. The molecule has 1 aliphatic heterocycles. The van der Waals surface area contributed by atoms with E-state index in [9.17, 15) is 22.3 Å². The number of benzene rings is 2. The zero-order valence-electron chi connectivity index (χ0n) is 12.6. The highest BCUT2D eigenvalue weighted by atomic mass is 35.5. The summed E-state index contributed by atoms with van der Waals surface area (Å²) in [6, 6.07) is 5.17. The van der Waals surface area contributed by atoms with Crippen molar-refractivity contribution in [1.82, 2.24) is 9.71 Å². The van der Waals surface area contributed by atoms with Crippen LogP contribution in [0.4, 0.5) is 20.2 Å². The SMILES string of the molecule is O=S1(=O)NC(Nc2cc(F)c3[nH]ccc3c2)=Nc2c1cc(Cl)c(F)c2O. The summed E-state index contributed by atoms with van der Waals surface area (Å²) in [5, 5.41) is 12.4. The third kappa shape index (κ3) is 2.54. The normalized spacial score (nSPS) is 15.3. The van der Waals surface area contributed by atoms with Gasteiger partial charge in [0.2, 0.25) is 5.96 Å². The van der Waals surface area contributed by atoms with Gasteiger partial charge in [-0.3, -0.25) is 0 Å². The van der Waals surface area contributed by atoms with Crippen molar-refractivity contribution in [2.75, 3.05) is 5.32 Å². The second-order valence-electron chi connectivity index (χ2n) is 5.46. The highest BCUT2D eigenvalue weighted by molar-refractivity contribution is 7.90. The van der Waals surface area contributed by atoms with Crippen molar-refractivity contribution in [2.45, 2.75) is 4.90 Å². The van der Waals surface area contributed by atoms with E-state index < -0.39 is 43.0 Å². The first-order chi connectivity index (χ1) is 12.3. The molecule has 2 heterocycles. The summed E-state index contributed by atoms with van der Waals surface area (Å²) in [5.41, 5.74) is -0.00816. The molecule has 7 nitrogen and oxygen atoms in total. The smallest absolute Gasteiger partial charge is 0.266 e. The predicted molar refractivity (Wildman–Crippen MR) is 92.4 cm³/mol. The molecule has 0 saturated heterocycles. The Morgan fingerprint density at radius 1 is 1.23 bits per heavy atom. The summed E-state index contributed by atoms with van der Waals surface area (Å²) in [4.78, 5) is 6.13. The van der Waals surface area contributed by atoms with Crippen molar-refractivity contribution < 1.29 is 22.3 Å². The lowest BCUT2D eigenvalue weighted by atomic mass is 10.2. The Morgan fingerprint density at radius 2 is 2.00 bits per heavy atom. The Bertz CT molecular complexity index is 1210. The number of hydrogen-bond donors (Lipinski definition) is 4. The van der Waals surface area contributed by atoms with Gasteiger partial charge in [-0.05, 0) is 24.3 Å². The number of H-pyrrole nitrogens is 1. The van der Waals surface area contributed by atoms with Crippen molar-refractivity contribution in [2.24, 2.45) is 4.99 Å². The van der Waals surface area contributed by atoms with Crippen LogP contribution in [0.3, 0.4) is 0 Å². The Hall–Kier alpha value is -2.85. The van der Waals surface area contributed by atoms with Crippen molar-refractivity contribution in [3.63, 3.8) is 0 Å². The predicted octanol–water partition coefficient (Wildman–Crippen LogP) is 3.20. The third-order valence-corrected chi connectivity index (χ3v) is 5.38. The molecule has 0 amide bonds. The van der Waals surface area contributed by atoms with Crippen molar-refractivity contribution in [1.29, 1.82) is 0 Å². The first-order valence-corrected chi connectivity index (χ1v) is 8.98. The van der Waals surface area contributed by atoms with Crippen LogP contribution in [0.15, 0.2) is 40.4 Å². The number of aromatic hydroxyl groups is 1. The van der Waals surface area contributed by atoms with E-state index in [0.29, 0.717) is 10.9 Å². The fourth-order valence-electron chi connectivity index (χ4n) is 2.60. The molecule has 26 heavy (non-hydrogen) atoms. The molecule has 4 rings (SSSR count). The Balaban J connectivity index is 1.81. The van der Waals surface area contributed by atoms with Gasteiger partial charge in [0, 0.05) is 17.3 Å². The Labute approximate surface area is 150 Å². The molecule has 0 radical (unpaired) electrons. The van der Waals surface area contributed by atoms with Gasteiger partial charge >= 0.3 is 0 Å². The standard InChI is InChI=1S/C15H9ClF2N4O3S/c16-8-5-10-13(14(23)11(8)18)21-15(22-26(10,24)25)20-7-3-6-1-2-19-12(6)9(17)4-7/h1-5,19,23H,(H2,20,21,22). The number of guanidine groups is 1. The third-order valence-electron chi connectivity index (χ3n) is 3.75. The lowest BCUT2D eigenvalue weighted by molar-refractivity contribution is 0.432. The number of nitrogens with one attached hydrogen (secondary N) is 3. The second-order valence-corrected chi connectivity index (χ2v) is 7.52. The monoisotopic (exact) mass is 398 g/mol. The minimum Gasteiger partial charge on any atom is -0.503 e. The molecular weight excluding hydrogens is 390 g/mol. The van der Waals surface area contributed by atoms with E-state index in [1.807, 2.05) is 0 Å².